The summed E-state index contributed by atoms with van der Waals surface area (Å²) < 4.78 is 10.9. The molecule has 2 N–H and O–H groups in total. The Hall–Kier alpha value is -0.650. The number of amides is 1. The number of rotatable bonds is 8. The second-order valence-corrected chi connectivity index (χ2v) is 4.23. The summed E-state index contributed by atoms with van der Waals surface area (Å²) in [5.74, 6) is -0.216. The number of nitrogens with two attached hydrogens (primary N) is 1. The first-order chi connectivity index (χ1) is 8.19. The zero-order valence-corrected chi connectivity index (χ0v) is 10.9. The minimum absolute atomic E-state index is 0.0982. The van der Waals surface area contributed by atoms with Crippen molar-refractivity contribution in [2.45, 2.75) is 45.4 Å². The van der Waals surface area contributed by atoms with Crippen molar-refractivity contribution in [3.05, 3.63) is 0 Å². The van der Waals surface area contributed by atoms with Crippen LogP contribution in [0.3, 0.4) is 0 Å². The van der Waals surface area contributed by atoms with Gasteiger partial charge in [0.25, 0.3) is 0 Å². The molecule has 0 radical (unpaired) electrons. The Morgan fingerprint density at radius 2 is 2.06 bits per heavy atom. The fourth-order valence-electron chi connectivity index (χ4n) is 2.27. The van der Waals surface area contributed by atoms with E-state index in [9.17, 15) is 4.79 Å². The molecule has 1 rings (SSSR count). The third-order valence-electron chi connectivity index (χ3n) is 3.05. The molecule has 0 bridgehead atoms. The van der Waals surface area contributed by atoms with Crippen molar-refractivity contribution in [2.24, 2.45) is 5.73 Å². The molecule has 1 aliphatic rings. The molecular weight excluding hydrogens is 220 g/mol. The predicted molar refractivity (Wildman–Crippen MR) is 65.4 cm³/mol. The first-order valence-electron chi connectivity index (χ1n) is 6.45. The first-order valence-corrected chi connectivity index (χ1v) is 6.45. The van der Waals surface area contributed by atoms with Gasteiger partial charge in [0.2, 0.25) is 5.91 Å². The maximum Gasteiger partial charge on any atom is 0.234 e. The van der Waals surface area contributed by atoms with Crippen molar-refractivity contribution in [2.75, 3.05) is 26.3 Å². The van der Waals surface area contributed by atoms with Gasteiger partial charge in [-0.15, -0.1) is 0 Å². The predicted octanol–water partition coefficient (Wildman–Crippen LogP) is 0.725. The molecule has 0 saturated carbocycles. The molecule has 1 amide bonds. The Labute approximate surface area is 103 Å². The van der Waals surface area contributed by atoms with E-state index in [1.165, 1.54) is 0 Å². The van der Waals surface area contributed by atoms with Crippen molar-refractivity contribution in [3.63, 3.8) is 0 Å². The maximum atomic E-state index is 11.2. The number of ether oxygens (including phenoxy) is 2. The Kier molecular flexibility index (Phi) is 6.47. The van der Waals surface area contributed by atoms with Gasteiger partial charge < -0.3 is 15.2 Å². The Bertz CT molecular complexity index is 230. The van der Waals surface area contributed by atoms with Gasteiger partial charge in [-0.05, 0) is 33.2 Å². The second-order valence-electron chi connectivity index (χ2n) is 4.23. The Morgan fingerprint density at radius 1 is 1.41 bits per heavy atom. The zero-order valence-electron chi connectivity index (χ0n) is 10.9. The molecule has 1 unspecified atom stereocenters. The summed E-state index contributed by atoms with van der Waals surface area (Å²) in [7, 11) is 0. The van der Waals surface area contributed by atoms with Gasteiger partial charge in [-0.2, -0.15) is 0 Å². The number of hydrogen-bond donors (Lipinski definition) is 1. The first kappa shape index (κ1) is 14.4. The Balaban J connectivity index is 2.34. The molecule has 5 nitrogen and oxygen atoms in total. The number of likely N-dealkylation sites (tertiary alicyclic amines) is 1. The van der Waals surface area contributed by atoms with Crippen LogP contribution in [-0.4, -0.2) is 49.4 Å². The second kappa shape index (κ2) is 7.63. The maximum absolute atomic E-state index is 11.2. The third-order valence-corrected chi connectivity index (χ3v) is 3.05. The lowest BCUT2D eigenvalue weighted by atomic mass is 10.2. The summed E-state index contributed by atoms with van der Waals surface area (Å²) in [5, 5.41) is 0. The number of hydrogen-bond acceptors (Lipinski definition) is 4. The molecule has 0 aliphatic carbocycles. The highest BCUT2D eigenvalue weighted by Crippen LogP contribution is 2.17. The summed E-state index contributed by atoms with van der Waals surface area (Å²) >= 11 is 0. The third kappa shape index (κ3) is 4.61. The molecular formula is C12H24N2O3. The SMILES string of the molecule is CCOC(CCN1CCCC1C(N)=O)OCC. The van der Waals surface area contributed by atoms with E-state index in [1.807, 2.05) is 13.8 Å². The van der Waals surface area contributed by atoms with E-state index < -0.39 is 0 Å². The molecule has 0 aromatic rings. The monoisotopic (exact) mass is 244 g/mol. The van der Waals surface area contributed by atoms with Gasteiger partial charge in [0, 0.05) is 26.2 Å². The van der Waals surface area contributed by atoms with Crippen molar-refractivity contribution in [1.29, 1.82) is 0 Å². The lowest BCUT2D eigenvalue weighted by Gasteiger charge is -2.24. The van der Waals surface area contributed by atoms with Crippen molar-refractivity contribution in [1.82, 2.24) is 4.90 Å². The highest BCUT2D eigenvalue weighted by molar-refractivity contribution is 5.80. The van der Waals surface area contributed by atoms with Crippen LogP contribution in [0.15, 0.2) is 0 Å². The molecule has 1 aliphatic heterocycles. The van der Waals surface area contributed by atoms with E-state index in [4.69, 9.17) is 15.2 Å². The molecule has 0 spiro atoms. The van der Waals surface area contributed by atoms with Gasteiger partial charge in [-0.1, -0.05) is 0 Å². The molecule has 100 valence electrons. The number of carbonyl (C=O) groups is 1. The van der Waals surface area contributed by atoms with E-state index >= 15 is 0 Å². The normalized spacial score (nSPS) is 21.2. The van der Waals surface area contributed by atoms with Crippen molar-refractivity contribution in [3.8, 4) is 0 Å². The smallest absolute Gasteiger partial charge is 0.234 e. The number of primary amides is 1. The van der Waals surface area contributed by atoms with E-state index in [2.05, 4.69) is 4.90 Å². The van der Waals surface area contributed by atoms with Crippen LogP contribution in [0, 0.1) is 0 Å². The lowest BCUT2D eigenvalue weighted by molar-refractivity contribution is -0.143. The van der Waals surface area contributed by atoms with Gasteiger partial charge in [0.1, 0.15) is 0 Å². The van der Waals surface area contributed by atoms with Gasteiger partial charge >= 0.3 is 0 Å². The zero-order chi connectivity index (χ0) is 12.7. The fourth-order valence-corrected chi connectivity index (χ4v) is 2.27. The highest BCUT2D eigenvalue weighted by atomic mass is 16.7. The van der Waals surface area contributed by atoms with Crippen LogP contribution in [-0.2, 0) is 14.3 Å². The van der Waals surface area contributed by atoms with Crippen LogP contribution < -0.4 is 5.73 Å². The van der Waals surface area contributed by atoms with Gasteiger partial charge in [0.05, 0.1) is 6.04 Å². The fraction of sp³-hybridized carbons (Fsp3) is 0.917. The molecule has 1 fully saturated rings. The van der Waals surface area contributed by atoms with E-state index in [-0.39, 0.29) is 18.2 Å². The van der Waals surface area contributed by atoms with Crippen LogP contribution in [0.1, 0.15) is 33.1 Å². The number of carbonyl (C=O) groups excluding carboxylic acids is 1. The van der Waals surface area contributed by atoms with Crippen molar-refractivity contribution < 1.29 is 14.3 Å². The molecule has 0 aromatic heterocycles. The molecule has 5 heteroatoms. The minimum atomic E-state index is -0.216. The van der Waals surface area contributed by atoms with Gasteiger partial charge in [-0.3, -0.25) is 9.69 Å². The van der Waals surface area contributed by atoms with Crippen LogP contribution in [0.4, 0.5) is 0 Å². The average molecular weight is 244 g/mol. The van der Waals surface area contributed by atoms with Gasteiger partial charge in [-0.25, -0.2) is 0 Å². The van der Waals surface area contributed by atoms with Crippen LogP contribution in [0.25, 0.3) is 0 Å². The quantitative estimate of drug-likeness (QED) is 0.639. The molecule has 1 saturated heterocycles. The topological polar surface area (TPSA) is 64.8 Å². The van der Waals surface area contributed by atoms with E-state index in [0.29, 0.717) is 13.2 Å². The van der Waals surface area contributed by atoms with Crippen LogP contribution >= 0.6 is 0 Å². The van der Waals surface area contributed by atoms with Crippen molar-refractivity contribution >= 4 is 5.91 Å². The minimum Gasteiger partial charge on any atom is -0.368 e. The Morgan fingerprint density at radius 3 is 2.59 bits per heavy atom. The molecule has 1 atom stereocenters. The van der Waals surface area contributed by atoms with Crippen LogP contribution in [0.2, 0.25) is 0 Å². The highest BCUT2D eigenvalue weighted by Gasteiger charge is 2.29. The summed E-state index contributed by atoms with van der Waals surface area (Å²) in [6.07, 6.45) is 2.54. The van der Waals surface area contributed by atoms with E-state index in [0.717, 1.165) is 32.4 Å². The van der Waals surface area contributed by atoms with Crippen LogP contribution in [0.5, 0.6) is 0 Å². The molecule has 17 heavy (non-hydrogen) atoms. The summed E-state index contributed by atoms with van der Waals surface area (Å²) in [5.41, 5.74) is 5.37. The largest absolute Gasteiger partial charge is 0.368 e. The molecule has 0 aromatic carbocycles. The van der Waals surface area contributed by atoms with Gasteiger partial charge in [0.15, 0.2) is 6.29 Å². The summed E-state index contributed by atoms with van der Waals surface area (Å²) in [6.45, 7) is 6.94. The lowest BCUT2D eigenvalue weighted by Crippen LogP contribution is -2.41. The standard InChI is InChI=1S/C12H24N2O3/c1-3-16-11(17-4-2)7-9-14-8-5-6-10(14)12(13)15/h10-11H,3-9H2,1-2H3,(H2,13,15). The summed E-state index contributed by atoms with van der Waals surface area (Å²) in [4.78, 5) is 13.4. The average Bonchev–Trinajstić information content (AvgIpc) is 2.74. The summed E-state index contributed by atoms with van der Waals surface area (Å²) in [6, 6.07) is -0.0982. The number of nitrogens with zero attached hydrogens (tertiary/aromatic N) is 1. The van der Waals surface area contributed by atoms with E-state index in [1.54, 1.807) is 0 Å². The molecule has 1 heterocycles.